The van der Waals surface area contributed by atoms with E-state index in [-0.39, 0.29) is 5.41 Å². The number of tetrazole rings is 1. The number of hydrogen-bond donors (Lipinski definition) is 0. The Hall–Kier alpha value is -1.75. The lowest BCUT2D eigenvalue weighted by Gasteiger charge is -2.15. The molecule has 1 saturated carbocycles. The molecule has 100 valence electrons. The summed E-state index contributed by atoms with van der Waals surface area (Å²) in [6.07, 6.45) is 3.18. The molecule has 0 radical (unpaired) electrons. The van der Waals surface area contributed by atoms with Crippen molar-refractivity contribution in [3.8, 4) is 0 Å². The van der Waals surface area contributed by atoms with Crippen molar-refractivity contribution in [2.24, 2.45) is 0 Å². The average molecular weight is 258 g/mol. The Morgan fingerprint density at radius 3 is 2.74 bits per heavy atom. The van der Waals surface area contributed by atoms with Crippen molar-refractivity contribution in [2.75, 3.05) is 13.7 Å². The van der Waals surface area contributed by atoms with Crippen LogP contribution in [0.1, 0.15) is 30.7 Å². The molecule has 0 aliphatic heterocycles. The van der Waals surface area contributed by atoms with Crippen molar-refractivity contribution in [3.63, 3.8) is 0 Å². The van der Waals surface area contributed by atoms with Gasteiger partial charge in [-0.2, -0.15) is 0 Å². The van der Waals surface area contributed by atoms with Crippen molar-refractivity contribution in [1.82, 2.24) is 20.2 Å². The monoisotopic (exact) mass is 258 g/mol. The van der Waals surface area contributed by atoms with Crippen LogP contribution in [0.25, 0.3) is 0 Å². The van der Waals surface area contributed by atoms with Crippen LogP contribution in [0.4, 0.5) is 0 Å². The number of aryl methyl sites for hydroxylation is 1. The molecule has 3 rings (SSSR count). The molecule has 19 heavy (non-hydrogen) atoms. The highest BCUT2D eigenvalue weighted by molar-refractivity contribution is 5.38. The highest BCUT2D eigenvalue weighted by Gasteiger charge is 2.50. The first-order valence-corrected chi connectivity index (χ1v) is 6.68. The first-order chi connectivity index (χ1) is 9.37. The molecular weight excluding hydrogens is 240 g/mol. The lowest BCUT2D eigenvalue weighted by molar-refractivity contribution is 0.188. The van der Waals surface area contributed by atoms with Gasteiger partial charge >= 0.3 is 0 Å². The minimum absolute atomic E-state index is 0.0395. The molecule has 1 aliphatic carbocycles. The van der Waals surface area contributed by atoms with Gasteiger partial charge in [0.2, 0.25) is 0 Å². The van der Waals surface area contributed by atoms with Gasteiger partial charge in [-0.1, -0.05) is 30.3 Å². The number of aromatic nitrogens is 4. The minimum atomic E-state index is 0.0395. The summed E-state index contributed by atoms with van der Waals surface area (Å²) in [5, 5.41) is 12.2. The molecular formula is C14H18N4O. The summed E-state index contributed by atoms with van der Waals surface area (Å²) in [7, 11) is 1.72. The molecule has 1 heterocycles. The largest absolute Gasteiger partial charge is 0.385 e. The van der Waals surface area contributed by atoms with Crippen LogP contribution in [0.3, 0.4) is 0 Å². The fourth-order valence-corrected chi connectivity index (χ4v) is 2.58. The van der Waals surface area contributed by atoms with Gasteiger partial charge in [0.25, 0.3) is 0 Å². The number of rotatable bonds is 6. The molecule has 0 unspecified atom stereocenters. The average Bonchev–Trinajstić information content (AvgIpc) is 3.13. The van der Waals surface area contributed by atoms with E-state index in [4.69, 9.17) is 4.74 Å². The predicted molar refractivity (Wildman–Crippen MR) is 70.8 cm³/mol. The minimum Gasteiger partial charge on any atom is -0.385 e. The van der Waals surface area contributed by atoms with Gasteiger partial charge in [0.1, 0.15) is 0 Å². The lowest BCUT2D eigenvalue weighted by Crippen LogP contribution is -2.18. The molecule has 1 aromatic carbocycles. The first kappa shape index (κ1) is 12.3. The molecule has 0 N–H and O–H groups in total. The topological polar surface area (TPSA) is 52.8 Å². The fourth-order valence-electron chi connectivity index (χ4n) is 2.58. The Morgan fingerprint density at radius 2 is 2.05 bits per heavy atom. The van der Waals surface area contributed by atoms with Gasteiger partial charge in [0, 0.05) is 20.3 Å². The van der Waals surface area contributed by atoms with Crippen LogP contribution in [-0.2, 0) is 16.7 Å². The smallest absolute Gasteiger partial charge is 0.161 e. The summed E-state index contributed by atoms with van der Waals surface area (Å²) >= 11 is 0. The Bertz CT molecular complexity index is 533. The third kappa shape index (κ3) is 2.26. The zero-order valence-electron chi connectivity index (χ0n) is 11.1. The summed E-state index contributed by atoms with van der Waals surface area (Å²) in [5.41, 5.74) is 1.36. The standard InChI is InChI=1S/C14H18N4O/c1-19-11-5-10-18-13(15-16-17-18)14(8-9-14)12-6-3-2-4-7-12/h2-4,6-7H,5,8-11H2,1H3. The Balaban J connectivity index is 1.84. The molecule has 5 heteroatoms. The Morgan fingerprint density at radius 1 is 1.26 bits per heavy atom. The molecule has 0 amide bonds. The Kier molecular flexibility index (Phi) is 3.29. The first-order valence-electron chi connectivity index (χ1n) is 6.68. The second-order valence-corrected chi connectivity index (χ2v) is 5.02. The predicted octanol–water partition coefficient (Wildman–Crippen LogP) is 1.79. The second kappa shape index (κ2) is 5.09. The number of nitrogens with zero attached hydrogens (tertiary/aromatic N) is 4. The van der Waals surface area contributed by atoms with Crippen molar-refractivity contribution in [1.29, 1.82) is 0 Å². The third-order valence-corrected chi connectivity index (χ3v) is 3.75. The van der Waals surface area contributed by atoms with Crippen LogP contribution in [0.5, 0.6) is 0 Å². The van der Waals surface area contributed by atoms with Crippen molar-refractivity contribution in [2.45, 2.75) is 31.2 Å². The molecule has 1 aromatic heterocycles. The number of hydrogen-bond acceptors (Lipinski definition) is 4. The molecule has 1 fully saturated rings. The highest BCUT2D eigenvalue weighted by atomic mass is 16.5. The van der Waals surface area contributed by atoms with Crippen LogP contribution in [-0.4, -0.2) is 33.9 Å². The van der Waals surface area contributed by atoms with Gasteiger partial charge in [0.15, 0.2) is 5.82 Å². The van der Waals surface area contributed by atoms with Crippen LogP contribution in [0, 0.1) is 0 Å². The van der Waals surface area contributed by atoms with Crippen LogP contribution in [0.2, 0.25) is 0 Å². The van der Waals surface area contributed by atoms with Crippen molar-refractivity contribution in [3.05, 3.63) is 41.7 Å². The maximum absolute atomic E-state index is 5.08. The lowest BCUT2D eigenvalue weighted by atomic mass is 9.95. The number of methoxy groups -OCH3 is 1. The normalized spacial score (nSPS) is 16.5. The van der Waals surface area contributed by atoms with Gasteiger partial charge in [-0.3, -0.25) is 0 Å². The van der Waals surface area contributed by atoms with E-state index in [1.165, 1.54) is 5.56 Å². The van der Waals surface area contributed by atoms with Gasteiger partial charge in [-0.25, -0.2) is 4.68 Å². The number of benzene rings is 1. The van der Waals surface area contributed by atoms with Crippen LogP contribution >= 0.6 is 0 Å². The van der Waals surface area contributed by atoms with Gasteiger partial charge in [-0.05, 0) is 35.3 Å². The molecule has 1 aliphatic rings. The highest BCUT2D eigenvalue weighted by Crippen LogP contribution is 2.52. The van der Waals surface area contributed by atoms with Gasteiger partial charge in [0.05, 0.1) is 5.41 Å². The van der Waals surface area contributed by atoms with E-state index in [1.807, 2.05) is 10.7 Å². The summed E-state index contributed by atoms with van der Waals surface area (Å²) in [4.78, 5) is 0. The molecule has 0 bridgehead atoms. The van der Waals surface area contributed by atoms with Gasteiger partial charge < -0.3 is 4.74 Å². The van der Waals surface area contributed by atoms with Crippen molar-refractivity contribution < 1.29 is 4.74 Å². The molecule has 0 atom stereocenters. The van der Waals surface area contributed by atoms with E-state index >= 15 is 0 Å². The van der Waals surface area contributed by atoms with E-state index in [9.17, 15) is 0 Å². The van der Waals surface area contributed by atoms with E-state index in [0.717, 1.165) is 38.2 Å². The summed E-state index contributed by atoms with van der Waals surface area (Å²) in [5.74, 6) is 0.995. The second-order valence-electron chi connectivity index (χ2n) is 5.02. The quantitative estimate of drug-likeness (QED) is 0.741. The van der Waals surface area contributed by atoms with Crippen molar-refractivity contribution >= 4 is 0 Å². The molecule has 2 aromatic rings. The molecule has 0 spiro atoms. The van der Waals surface area contributed by atoms with Crippen LogP contribution < -0.4 is 0 Å². The number of ether oxygens (including phenoxy) is 1. The van der Waals surface area contributed by atoms with E-state index in [2.05, 4.69) is 39.8 Å². The van der Waals surface area contributed by atoms with E-state index in [0.29, 0.717) is 0 Å². The zero-order chi connectivity index (χ0) is 13.1. The Labute approximate surface area is 112 Å². The summed E-state index contributed by atoms with van der Waals surface area (Å²) in [6.45, 7) is 1.54. The zero-order valence-corrected chi connectivity index (χ0v) is 11.1. The SMILES string of the molecule is COCCCn1nnnc1C1(c2ccccc2)CC1. The fraction of sp³-hybridized carbons (Fsp3) is 0.500. The molecule has 0 saturated heterocycles. The maximum atomic E-state index is 5.08. The maximum Gasteiger partial charge on any atom is 0.161 e. The summed E-state index contributed by atoms with van der Waals surface area (Å²) in [6, 6.07) is 10.5. The van der Waals surface area contributed by atoms with Crippen LogP contribution in [0.15, 0.2) is 30.3 Å². The third-order valence-electron chi connectivity index (χ3n) is 3.75. The summed E-state index contributed by atoms with van der Waals surface area (Å²) < 4.78 is 7.01. The van der Waals surface area contributed by atoms with E-state index < -0.39 is 0 Å². The van der Waals surface area contributed by atoms with Gasteiger partial charge in [-0.15, -0.1) is 5.10 Å². The molecule has 5 nitrogen and oxygen atoms in total. The van der Waals surface area contributed by atoms with E-state index in [1.54, 1.807) is 7.11 Å².